The molecule has 1 aliphatic carbocycles. The first-order chi connectivity index (χ1) is 17.4. The largest absolute Gasteiger partial charge is 0.445 e. The van der Waals surface area contributed by atoms with Gasteiger partial charge >= 0.3 is 6.09 Å². The Balaban J connectivity index is 1.21. The van der Waals surface area contributed by atoms with Crippen molar-refractivity contribution in [2.24, 2.45) is 0 Å². The van der Waals surface area contributed by atoms with Gasteiger partial charge in [0.1, 0.15) is 12.6 Å². The number of benzene rings is 2. The van der Waals surface area contributed by atoms with Gasteiger partial charge in [0.25, 0.3) is 0 Å². The fourth-order valence-corrected chi connectivity index (χ4v) is 4.98. The minimum absolute atomic E-state index is 0.0863. The third kappa shape index (κ3) is 6.66. The molecule has 8 nitrogen and oxygen atoms in total. The van der Waals surface area contributed by atoms with Crippen LogP contribution in [-0.2, 0) is 22.6 Å². The summed E-state index contributed by atoms with van der Waals surface area (Å²) in [5.41, 5.74) is 4.63. The van der Waals surface area contributed by atoms with Gasteiger partial charge in [0, 0.05) is 33.7 Å². The lowest BCUT2D eigenvalue weighted by Crippen LogP contribution is -2.52. The molecule has 2 aromatic carbocycles. The molecule has 3 aromatic rings. The number of ether oxygens (including phenoxy) is 1. The van der Waals surface area contributed by atoms with Crippen molar-refractivity contribution >= 4 is 38.8 Å². The summed E-state index contributed by atoms with van der Waals surface area (Å²) in [4.78, 5) is 28.3. The summed E-state index contributed by atoms with van der Waals surface area (Å²) >= 11 is 3.57. The number of nitrogens with one attached hydrogen (secondary N) is 4. The van der Waals surface area contributed by atoms with Gasteiger partial charge in [-0.1, -0.05) is 46.3 Å². The van der Waals surface area contributed by atoms with Crippen LogP contribution in [-0.4, -0.2) is 47.3 Å². The maximum atomic E-state index is 12.6. The van der Waals surface area contributed by atoms with Crippen LogP contribution in [0.4, 0.5) is 4.79 Å². The second kappa shape index (κ2) is 12.4. The van der Waals surface area contributed by atoms with E-state index < -0.39 is 24.1 Å². The van der Waals surface area contributed by atoms with E-state index in [4.69, 9.17) is 4.74 Å². The van der Waals surface area contributed by atoms with Crippen LogP contribution in [0.15, 0.2) is 53.0 Å². The quantitative estimate of drug-likeness (QED) is 0.241. The summed E-state index contributed by atoms with van der Waals surface area (Å²) in [7, 11) is 0. The number of aromatic nitrogens is 1. The van der Waals surface area contributed by atoms with Gasteiger partial charge in [0.05, 0.1) is 6.10 Å². The molecule has 0 saturated carbocycles. The normalized spacial score (nSPS) is 16.7. The zero-order chi connectivity index (χ0) is 25.5. The van der Waals surface area contributed by atoms with E-state index in [0.717, 1.165) is 41.4 Å². The van der Waals surface area contributed by atoms with E-state index in [1.54, 1.807) is 0 Å². The van der Waals surface area contributed by atoms with Gasteiger partial charge in [-0.05, 0) is 68.5 Å². The summed E-state index contributed by atoms with van der Waals surface area (Å²) in [5.74, 6) is -0.442. The van der Waals surface area contributed by atoms with Crippen LogP contribution in [0.1, 0.15) is 49.0 Å². The van der Waals surface area contributed by atoms with Gasteiger partial charge in [-0.2, -0.15) is 0 Å². The van der Waals surface area contributed by atoms with E-state index >= 15 is 0 Å². The summed E-state index contributed by atoms with van der Waals surface area (Å²) < 4.78 is 6.25. The SMILES string of the molecule is CC(O)C(NC(=O)OCc1ccccc1)C(=O)NCCCNC1CCCc2c1[nH]c1ccc(Br)cc21. The Morgan fingerprint density at radius 2 is 2.00 bits per heavy atom. The summed E-state index contributed by atoms with van der Waals surface area (Å²) in [6, 6.07) is 14.7. The maximum Gasteiger partial charge on any atom is 0.408 e. The third-order valence-corrected chi connectivity index (χ3v) is 6.96. The molecule has 0 aliphatic heterocycles. The first-order valence-electron chi connectivity index (χ1n) is 12.4. The van der Waals surface area contributed by atoms with Crippen molar-refractivity contribution in [3.8, 4) is 0 Å². The summed E-state index contributed by atoms with van der Waals surface area (Å²) in [6.07, 6.45) is 2.17. The molecule has 36 heavy (non-hydrogen) atoms. The number of hydrogen-bond acceptors (Lipinski definition) is 5. The lowest BCUT2D eigenvalue weighted by Gasteiger charge is -2.24. The number of alkyl carbamates (subject to hydrolysis) is 1. The molecular formula is C27H33BrN4O4. The fraction of sp³-hybridized carbons (Fsp3) is 0.407. The van der Waals surface area contributed by atoms with Crippen molar-refractivity contribution in [1.82, 2.24) is 20.9 Å². The maximum absolute atomic E-state index is 12.6. The minimum Gasteiger partial charge on any atom is -0.445 e. The van der Waals surface area contributed by atoms with Gasteiger partial charge in [-0.25, -0.2) is 4.79 Å². The van der Waals surface area contributed by atoms with Gasteiger partial charge < -0.3 is 30.8 Å². The van der Waals surface area contributed by atoms with E-state index in [-0.39, 0.29) is 12.6 Å². The molecule has 192 valence electrons. The third-order valence-electron chi connectivity index (χ3n) is 6.46. The van der Waals surface area contributed by atoms with Gasteiger partial charge in [-0.3, -0.25) is 4.79 Å². The molecule has 1 aliphatic rings. The average Bonchev–Trinajstić information content (AvgIpc) is 3.24. The monoisotopic (exact) mass is 556 g/mol. The van der Waals surface area contributed by atoms with Crippen LogP contribution in [0, 0.1) is 0 Å². The molecule has 0 bridgehead atoms. The standard InChI is InChI=1S/C27H33BrN4O4/c1-17(33)24(32-27(35)36-16-18-7-3-2-4-8-18)26(34)30-14-6-13-29-23-10-5-9-20-21-15-19(28)11-12-22(21)31-25(20)23/h2-4,7-8,11-12,15,17,23-24,29,31,33H,5-6,9-10,13-14,16H2,1H3,(H,30,34)(H,32,35). The van der Waals surface area contributed by atoms with Gasteiger partial charge in [-0.15, -0.1) is 0 Å². The Bertz CT molecular complexity index is 1180. The Kier molecular flexibility index (Phi) is 9.01. The molecule has 0 radical (unpaired) electrons. The zero-order valence-electron chi connectivity index (χ0n) is 20.4. The second-order valence-corrected chi connectivity index (χ2v) is 10.1. The highest BCUT2D eigenvalue weighted by atomic mass is 79.9. The van der Waals surface area contributed by atoms with Crippen molar-refractivity contribution in [3.05, 3.63) is 69.8 Å². The van der Waals surface area contributed by atoms with E-state index in [9.17, 15) is 14.7 Å². The smallest absolute Gasteiger partial charge is 0.408 e. The number of amides is 2. The number of fused-ring (bicyclic) bond motifs is 3. The fourth-order valence-electron chi connectivity index (χ4n) is 4.62. The van der Waals surface area contributed by atoms with Crippen LogP contribution in [0.3, 0.4) is 0 Å². The number of carbonyl (C=O) groups excluding carboxylic acids is 2. The van der Waals surface area contributed by atoms with Crippen molar-refractivity contribution in [1.29, 1.82) is 0 Å². The van der Waals surface area contributed by atoms with Crippen LogP contribution in [0.2, 0.25) is 0 Å². The number of rotatable bonds is 10. The number of aryl methyl sites for hydroxylation is 1. The van der Waals surface area contributed by atoms with Crippen LogP contribution < -0.4 is 16.0 Å². The second-order valence-electron chi connectivity index (χ2n) is 9.17. The molecule has 1 heterocycles. The van der Waals surface area contributed by atoms with Crippen LogP contribution in [0.25, 0.3) is 10.9 Å². The van der Waals surface area contributed by atoms with E-state index in [1.165, 1.54) is 23.6 Å². The van der Waals surface area contributed by atoms with Gasteiger partial charge in [0.2, 0.25) is 5.91 Å². The van der Waals surface area contributed by atoms with E-state index in [1.807, 2.05) is 36.4 Å². The number of aliphatic hydroxyl groups is 1. The van der Waals surface area contributed by atoms with Crippen LogP contribution >= 0.6 is 15.9 Å². The molecule has 3 unspecified atom stereocenters. The number of halogens is 1. The average molecular weight is 557 g/mol. The predicted octanol–water partition coefficient (Wildman–Crippen LogP) is 4.08. The number of aromatic amines is 1. The Labute approximate surface area is 219 Å². The van der Waals surface area contributed by atoms with E-state index in [2.05, 4.69) is 49.0 Å². The first-order valence-corrected chi connectivity index (χ1v) is 13.2. The molecule has 0 spiro atoms. The number of carbonyl (C=O) groups is 2. The van der Waals surface area contributed by atoms with E-state index in [0.29, 0.717) is 13.0 Å². The number of H-pyrrole nitrogens is 1. The van der Waals surface area contributed by atoms with Gasteiger partial charge in [0.15, 0.2) is 0 Å². The molecule has 3 atom stereocenters. The van der Waals surface area contributed by atoms with Crippen molar-refractivity contribution in [2.75, 3.05) is 13.1 Å². The lowest BCUT2D eigenvalue weighted by molar-refractivity contribution is -0.125. The predicted molar refractivity (Wildman–Crippen MR) is 143 cm³/mol. The minimum atomic E-state index is -1.09. The lowest BCUT2D eigenvalue weighted by atomic mass is 9.91. The Morgan fingerprint density at radius 3 is 2.78 bits per heavy atom. The molecule has 4 rings (SSSR count). The molecule has 9 heteroatoms. The highest BCUT2D eigenvalue weighted by Gasteiger charge is 2.26. The van der Waals surface area contributed by atoms with Crippen LogP contribution in [0.5, 0.6) is 0 Å². The molecule has 0 saturated heterocycles. The summed E-state index contributed by atoms with van der Waals surface area (Å²) in [5, 5.41) is 20.2. The molecule has 5 N–H and O–H groups in total. The molecule has 0 fully saturated rings. The summed E-state index contributed by atoms with van der Waals surface area (Å²) in [6.45, 7) is 2.70. The molecular weight excluding hydrogens is 524 g/mol. The number of aliphatic hydroxyl groups excluding tert-OH is 1. The zero-order valence-corrected chi connectivity index (χ0v) is 21.9. The van der Waals surface area contributed by atoms with Crippen molar-refractivity contribution < 1.29 is 19.4 Å². The highest BCUT2D eigenvalue weighted by molar-refractivity contribution is 9.10. The Hall–Kier alpha value is -2.88. The topological polar surface area (TPSA) is 115 Å². The van der Waals surface area contributed by atoms with Crippen molar-refractivity contribution in [2.45, 2.75) is 57.4 Å². The molecule has 2 amide bonds. The molecule has 1 aromatic heterocycles. The van der Waals surface area contributed by atoms with Crippen molar-refractivity contribution in [3.63, 3.8) is 0 Å². The highest BCUT2D eigenvalue weighted by Crippen LogP contribution is 2.35. The Morgan fingerprint density at radius 1 is 1.19 bits per heavy atom. The number of hydrogen-bond donors (Lipinski definition) is 5. The first kappa shape index (κ1) is 26.2.